The Labute approximate surface area is 109 Å². The van der Waals surface area contributed by atoms with Crippen LogP contribution in [0.3, 0.4) is 0 Å². The second kappa shape index (κ2) is 5.83. The van der Waals surface area contributed by atoms with Gasteiger partial charge in [-0.25, -0.2) is 0 Å². The molecule has 2 heteroatoms. The number of allylic oxidation sites excluding steroid dienone is 1. The minimum Gasteiger partial charge on any atom is -0.310 e. The Morgan fingerprint density at radius 1 is 1.53 bits per heavy atom. The normalized spacial score (nSPS) is 15.9. The molecule has 0 saturated heterocycles. The van der Waals surface area contributed by atoms with Gasteiger partial charge in [-0.2, -0.15) is 0 Å². The maximum absolute atomic E-state index is 4.01. The van der Waals surface area contributed by atoms with E-state index in [1.165, 1.54) is 36.1 Å². The zero-order chi connectivity index (χ0) is 12.3. The van der Waals surface area contributed by atoms with Crippen LogP contribution in [0.1, 0.15) is 54.5 Å². The second-order valence-corrected chi connectivity index (χ2v) is 6.23. The Bertz CT molecular complexity index is 370. The largest absolute Gasteiger partial charge is 0.310 e. The van der Waals surface area contributed by atoms with Gasteiger partial charge in [0.1, 0.15) is 0 Å². The van der Waals surface area contributed by atoms with Crippen LogP contribution in [0.2, 0.25) is 0 Å². The van der Waals surface area contributed by atoms with E-state index in [0.717, 1.165) is 13.0 Å². The highest BCUT2D eigenvalue weighted by molar-refractivity contribution is 7.12. The third kappa shape index (κ3) is 3.20. The van der Waals surface area contributed by atoms with Crippen molar-refractivity contribution in [2.75, 3.05) is 6.54 Å². The van der Waals surface area contributed by atoms with Crippen LogP contribution in [0, 0.1) is 0 Å². The smallest absolute Gasteiger partial charge is 0.0417 e. The predicted octanol–water partition coefficient (Wildman–Crippen LogP) is 4.24. The number of aryl methyl sites for hydroxylation is 2. The molecule has 1 aromatic rings. The van der Waals surface area contributed by atoms with Gasteiger partial charge in [-0.05, 0) is 57.2 Å². The van der Waals surface area contributed by atoms with Crippen molar-refractivity contribution < 1.29 is 0 Å². The van der Waals surface area contributed by atoms with Crippen LogP contribution >= 0.6 is 11.3 Å². The first kappa shape index (κ1) is 12.8. The first-order valence-corrected chi connectivity index (χ1v) is 7.51. The van der Waals surface area contributed by atoms with E-state index >= 15 is 0 Å². The van der Waals surface area contributed by atoms with Crippen LogP contribution in [0.25, 0.3) is 0 Å². The molecule has 0 radical (unpaired) electrons. The van der Waals surface area contributed by atoms with Crippen LogP contribution in [0.15, 0.2) is 18.2 Å². The summed E-state index contributed by atoms with van der Waals surface area (Å²) >= 11 is 2.03. The van der Waals surface area contributed by atoms with E-state index in [4.69, 9.17) is 0 Å². The van der Waals surface area contributed by atoms with Crippen molar-refractivity contribution in [2.24, 2.45) is 0 Å². The minimum absolute atomic E-state index is 0.535. The molecule has 0 saturated carbocycles. The average molecular weight is 249 g/mol. The first-order chi connectivity index (χ1) is 8.20. The van der Waals surface area contributed by atoms with Gasteiger partial charge in [-0.3, -0.25) is 0 Å². The molecule has 1 N–H and O–H groups in total. The van der Waals surface area contributed by atoms with Gasteiger partial charge >= 0.3 is 0 Å². The summed E-state index contributed by atoms with van der Waals surface area (Å²) < 4.78 is 0. The lowest BCUT2D eigenvalue weighted by Gasteiger charge is -2.16. The van der Waals surface area contributed by atoms with E-state index in [-0.39, 0.29) is 0 Å². The fraction of sp³-hybridized carbons (Fsp3) is 0.600. The Kier molecular flexibility index (Phi) is 4.41. The Hall–Kier alpha value is -0.600. The van der Waals surface area contributed by atoms with E-state index in [0.29, 0.717) is 6.04 Å². The number of rotatable bonds is 6. The number of thiophene rings is 1. The van der Waals surface area contributed by atoms with Crippen LogP contribution in [-0.4, -0.2) is 6.54 Å². The highest BCUT2D eigenvalue weighted by Crippen LogP contribution is 2.35. The number of hydrogen-bond donors (Lipinski definition) is 1. The van der Waals surface area contributed by atoms with Gasteiger partial charge in [0.15, 0.2) is 0 Å². The lowest BCUT2D eigenvalue weighted by molar-refractivity contribution is 0.522. The topological polar surface area (TPSA) is 12.0 Å². The molecule has 1 unspecified atom stereocenters. The summed E-state index contributed by atoms with van der Waals surface area (Å²) in [6.07, 6.45) is 6.27. The highest BCUT2D eigenvalue weighted by Gasteiger charge is 2.19. The summed E-state index contributed by atoms with van der Waals surface area (Å²) in [5, 5.41) is 3.61. The standard InChI is InChI=1S/C15H23NS/c1-4-16-13(9-8-11(2)3)15-10-12-6-5-7-14(12)17-15/h10,13,16H,2,4-9H2,1,3H3. The zero-order valence-electron chi connectivity index (χ0n) is 11.0. The van der Waals surface area contributed by atoms with Crippen molar-refractivity contribution in [3.63, 3.8) is 0 Å². The van der Waals surface area contributed by atoms with Gasteiger partial charge < -0.3 is 5.32 Å². The predicted molar refractivity (Wildman–Crippen MR) is 76.8 cm³/mol. The molecule has 1 aliphatic rings. The van der Waals surface area contributed by atoms with Gasteiger partial charge in [0.2, 0.25) is 0 Å². The van der Waals surface area contributed by atoms with Gasteiger partial charge in [0.05, 0.1) is 0 Å². The van der Waals surface area contributed by atoms with Crippen LogP contribution < -0.4 is 5.32 Å². The lowest BCUT2D eigenvalue weighted by atomic mass is 10.1. The molecule has 0 aliphatic heterocycles. The molecule has 1 aromatic heterocycles. The van der Waals surface area contributed by atoms with Crippen molar-refractivity contribution in [2.45, 2.75) is 52.0 Å². The molecule has 2 rings (SSSR count). The molecule has 0 bridgehead atoms. The van der Waals surface area contributed by atoms with Crippen LogP contribution in [-0.2, 0) is 12.8 Å². The Morgan fingerprint density at radius 3 is 3.00 bits per heavy atom. The van der Waals surface area contributed by atoms with Gasteiger partial charge in [0, 0.05) is 15.8 Å². The third-order valence-electron chi connectivity index (χ3n) is 3.42. The summed E-state index contributed by atoms with van der Waals surface area (Å²) in [5.41, 5.74) is 2.90. The summed E-state index contributed by atoms with van der Waals surface area (Å²) in [4.78, 5) is 3.18. The number of nitrogens with one attached hydrogen (secondary N) is 1. The molecule has 0 aromatic carbocycles. The maximum Gasteiger partial charge on any atom is 0.0417 e. The fourth-order valence-corrected chi connectivity index (χ4v) is 3.87. The van der Waals surface area contributed by atoms with Crippen molar-refractivity contribution in [3.05, 3.63) is 33.5 Å². The number of hydrogen-bond acceptors (Lipinski definition) is 2. The van der Waals surface area contributed by atoms with E-state index in [1.807, 2.05) is 11.3 Å². The number of fused-ring (bicyclic) bond motifs is 1. The highest BCUT2D eigenvalue weighted by atomic mass is 32.1. The van der Waals surface area contributed by atoms with E-state index in [9.17, 15) is 0 Å². The molecule has 1 atom stereocenters. The molecule has 0 fully saturated rings. The third-order valence-corrected chi connectivity index (χ3v) is 4.77. The van der Waals surface area contributed by atoms with Crippen molar-refractivity contribution in [1.29, 1.82) is 0 Å². The van der Waals surface area contributed by atoms with Crippen LogP contribution in [0.5, 0.6) is 0 Å². The van der Waals surface area contributed by atoms with E-state index in [2.05, 4.69) is 31.8 Å². The quantitative estimate of drug-likeness (QED) is 0.743. The monoisotopic (exact) mass is 249 g/mol. The molecule has 94 valence electrons. The van der Waals surface area contributed by atoms with Gasteiger partial charge in [0.25, 0.3) is 0 Å². The SMILES string of the molecule is C=C(C)CCC(NCC)c1cc2c(s1)CCC2. The summed E-state index contributed by atoms with van der Waals surface area (Å²) in [6.45, 7) is 9.36. The molecule has 1 aliphatic carbocycles. The molecule has 0 spiro atoms. The van der Waals surface area contributed by atoms with E-state index < -0.39 is 0 Å². The van der Waals surface area contributed by atoms with E-state index in [1.54, 1.807) is 10.4 Å². The zero-order valence-corrected chi connectivity index (χ0v) is 11.8. The first-order valence-electron chi connectivity index (χ1n) is 6.70. The molecular weight excluding hydrogens is 226 g/mol. The molecule has 17 heavy (non-hydrogen) atoms. The maximum atomic E-state index is 4.01. The Balaban J connectivity index is 2.05. The van der Waals surface area contributed by atoms with Crippen molar-refractivity contribution in [1.82, 2.24) is 5.32 Å². The van der Waals surface area contributed by atoms with Crippen molar-refractivity contribution >= 4 is 11.3 Å². The molecule has 0 amide bonds. The van der Waals surface area contributed by atoms with Crippen molar-refractivity contribution in [3.8, 4) is 0 Å². The van der Waals surface area contributed by atoms with Gasteiger partial charge in [-0.1, -0.05) is 12.5 Å². The molecular formula is C15H23NS. The second-order valence-electron chi connectivity index (χ2n) is 5.06. The molecule has 1 nitrogen and oxygen atoms in total. The van der Waals surface area contributed by atoms with Gasteiger partial charge in [-0.15, -0.1) is 17.9 Å². The van der Waals surface area contributed by atoms with Crippen LogP contribution in [0.4, 0.5) is 0 Å². The Morgan fingerprint density at radius 2 is 2.35 bits per heavy atom. The minimum atomic E-state index is 0.535. The summed E-state index contributed by atoms with van der Waals surface area (Å²) in [5.74, 6) is 0. The molecule has 1 heterocycles. The lowest BCUT2D eigenvalue weighted by Crippen LogP contribution is -2.20. The average Bonchev–Trinajstić information content (AvgIpc) is 2.83. The summed E-state index contributed by atoms with van der Waals surface area (Å²) in [7, 11) is 0. The fourth-order valence-electron chi connectivity index (χ4n) is 2.51. The summed E-state index contributed by atoms with van der Waals surface area (Å²) in [6, 6.07) is 2.98.